The normalized spacial score (nSPS) is 11.6. The van der Waals surface area contributed by atoms with E-state index in [0.29, 0.717) is 6.61 Å². The molecule has 37 heavy (non-hydrogen) atoms. The Balaban J connectivity index is 2.26. The van der Waals surface area contributed by atoms with Crippen molar-refractivity contribution in [1.82, 2.24) is 9.88 Å². The number of ether oxygens (including phenoxy) is 3. The lowest BCUT2D eigenvalue weighted by Gasteiger charge is -2.23. The second-order valence-electron chi connectivity index (χ2n) is 7.25. The highest BCUT2D eigenvalue weighted by atomic mass is 35.5. The monoisotopic (exact) mass is 547 g/mol. The molecule has 1 aromatic carbocycles. The van der Waals surface area contributed by atoms with Gasteiger partial charge in [0.05, 0.1) is 0 Å². The molecular weight excluding hydrogens is 526 g/mol. The van der Waals surface area contributed by atoms with Crippen molar-refractivity contribution in [2.75, 3.05) is 32.2 Å². The van der Waals surface area contributed by atoms with Crippen molar-refractivity contribution in [3.8, 4) is 17.4 Å². The Kier molecular flexibility index (Phi) is 10.4. The Hall–Kier alpha value is -3.71. The zero-order valence-corrected chi connectivity index (χ0v) is 20.6. The van der Waals surface area contributed by atoms with Gasteiger partial charge in [-0.25, -0.2) is 9.18 Å². The van der Waals surface area contributed by atoms with Crippen LogP contribution >= 0.6 is 11.6 Å². The number of halogens is 5. The Morgan fingerprint density at radius 3 is 2.41 bits per heavy atom. The molecule has 2 amide bonds. The molecule has 1 heterocycles. The summed E-state index contributed by atoms with van der Waals surface area (Å²) in [5.41, 5.74) is -1.58. The first-order valence-corrected chi connectivity index (χ1v) is 10.9. The van der Waals surface area contributed by atoms with Crippen LogP contribution in [0.25, 0.3) is 0 Å². The molecule has 1 aromatic heterocycles. The van der Waals surface area contributed by atoms with Crippen LogP contribution in [0.15, 0.2) is 42.1 Å². The highest BCUT2D eigenvalue weighted by molar-refractivity contribution is 6.31. The number of carbonyl (C=O) groups is 3. The molecule has 0 radical (unpaired) electrons. The second kappa shape index (κ2) is 13.0. The smallest absolute Gasteiger partial charge is 0.431 e. The molecule has 0 fully saturated rings. The first-order valence-electron chi connectivity index (χ1n) is 10.5. The maximum absolute atomic E-state index is 14.4. The zero-order valence-electron chi connectivity index (χ0n) is 19.8. The van der Waals surface area contributed by atoms with Crippen molar-refractivity contribution >= 4 is 35.0 Å². The van der Waals surface area contributed by atoms with Crippen LogP contribution in [0.1, 0.15) is 13.8 Å². The standard InChI is InChI=1S/C23H22ClF4N3O6/c1-4-35-11-14(33)12-36-17-7-5-6-8-18(17)37-21-15(24)10-16(25)20(29-21)30-22(34)31(3)19(9-13(2)32)23(26,27)28/h5-10H,4,11-12H2,1-3H3,(H,29,30,34)/b19-9-. The van der Waals surface area contributed by atoms with Crippen LogP contribution in [-0.2, 0) is 14.3 Å². The van der Waals surface area contributed by atoms with Gasteiger partial charge in [-0.15, -0.1) is 0 Å². The van der Waals surface area contributed by atoms with Gasteiger partial charge in [0.2, 0.25) is 5.88 Å². The predicted octanol–water partition coefficient (Wildman–Crippen LogP) is 5.15. The van der Waals surface area contributed by atoms with Gasteiger partial charge >= 0.3 is 12.2 Å². The SMILES string of the molecule is CCOCC(=O)COc1ccccc1Oc1nc(NC(=O)N(C)/C(=C\C(C)=O)C(F)(F)F)c(F)cc1Cl. The number of amides is 2. The number of nitrogens with one attached hydrogen (secondary N) is 1. The largest absolute Gasteiger partial charge is 0.482 e. The van der Waals surface area contributed by atoms with E-state index in [2.05, 4.69) is 4.98 Å². The summed E-state index contributed by atoms with van der Waals surface area (Å²) >= 11 is 6.00. The van der Waals surface area contributed by atoms with Crippen molar-refractivity contribution in [3.05, 3.63) is 52.9 Å². The van der Waals surface area contributed by atoms with Gasteiger partial charge in [-0.2, -0.15) is 18.2 Å². The maximum atomic E-state index is 14.4. The number of nitrogens with zero attached hydrogens (tertiary/aromatic N) is 2. The maximum Gasteiger partial charge on any atom is 0.431 e. The van der Waals surface area contributed by atoms with E-state index in [9.17, 15) is 31.9 Å². The summed E-state index contributed by atoms with van der Waals surface area (Å²) in [5.74, 6) is -3.58. The fourth-order valence-electron chi connectivity index (χ4n) is 2.64. The van der Waals surface area contributed by atoms with E-state index in [4.69, 9.17) is 25.8 Å². The van der Waals surface area contributed by atoms with Crippen LogP contribution in [0, 0.1) is 5.82 Å². The molecule has 0 saturated carbocycles. The number of ketones is 2. The summed E-state index contributed by atoms with van der Waals surface area (Å²) in [4.78, 5) is 39.2. The fraction of sp³-hybridized carbons (Fsp3) is 0.304. The lowest BCUT2D eigenvalue weighted by Crippen LogP contribution is -2.37. The van der Waals surface area contributed by atoms with Crippen molar-refractivity contribution in [3.63, 3.8) is 0 Å². The van der Waals surface area contributed by atoms with Crippen LogP contribution < -0.4 is 14.8 Å². The van der Waals surface area contributed by atoms with Crippen LogP contribution in [0.5, 0.6) is 17.4 Å². The van der Waals surface area contributed by atoms with Crippen LogP contribution in [-0.4, -0.2) is 60.5 Å². The highest BCUT2D eigenvalue weighted by Crippen LogP contribution is 2.35. The molecule has 200 valence electrons. The predicted molar refractivity (Wildman–Crippen MR) is 124 cm³/mol. The number of para-hydroxylation sites is 2. The molecule has 0 spiro atoms. The van der Waals surface area contributed by atoms with E-state index in [0.717, 1.165) is 20.0 Å². The van der Waals surface area contributed by atoms with E-state index < -0.39 is 41.2 Å². The lowest BCUT2D eigenvalue weighted by atomic mass is 10.3. The Morgan fingerprint density at radius 1 is 1.16 bits per heavy atom. The Labute approximate surface area is 213 Å². The minimum atomic E-state index is -5.05. The van der Waals surface area contributed by atoms with Crippen LogP contribution in [0.2, 0.25) is 5.02 Å². The average Bonchev–Trinajstić information content (AvgIpc) is 2.82. The number of rotatable bonds is 11. The summed E-state index contributed by atoms with van der Waals surface area (Å²) in [5, 5.41) is 1.55. The van der Waals surface area contributed by atoms with Gasteiger partial charge in [-0.1, -0.05) is 23.7 Å². The number of urea groups is 1. The molecule has 0 unspecified atom stereocenters. The van der Waals surface area contributed by atoms with Crippen molar-refractivity contribution in [2.24, 2.45) is 0 Å². The topological polar surface area (TPSA) is 107 Å². The molecule has 0 aliphatic heterocycles. The molecule has 0 saturated heterocycles. The van der Waals surface area contributed by atoms with Gasteiger partial charge in [0.25, 0.3) is 0 Å². The number of alkyl halides is 3. The van der Waals surface area contributed by atoms with Gasteiger partial charge in [0, 0.05) is 25.8 Å². The van der Waals surface area contributed by atoms with Crippen LogP contribution in [0.4, 0.5) is 28.2 Å². The molecular formula is C23H22ClF4N3O6. The van der Waals surface area contributed by atoms with Crippen LogP contribution in [0.3, 0.4) is 0 Å². The quantitative estimate of drug-likeness (QED) is 0.306. The third-order valence-corrected chi connectivity index (χ3v) is 4.60. The van der Waals surface area contributed by atoms with E-state index >= 15 is 0 Å². The van der Waals surface area contributed by atoms with E-state index in [1.165, 1.54) is 12.1 Å². The minimum absolute atomic E-state index is 0.0193. The summed E-state index contributed by atoms with van der Waals surface area (Å²) < 4.78 is 70.2. The van der Waals surface area contributed by atoms with Gasteiger partial charge in [0.1, 0.15) is 23.9 Å². The summed E-state index contributed by atoms with van der Waals surface area (Å²) in [6.07, 6.45) is -4.83. The molecule has 9 nitrogen and oxygen atoms in total. The number of allylic oxidation sites excluding steroid dienone is 2. The number of carbonyl (C=O) groups excluding carboxylic acids is 3. The number of Topliss-reactive ketones (excluding diaryl/α,β-unsaturated/α-hetero) is 1. The molecule has 1 N–H and O–H groups in total. The highest BCUT2D eigenvalue weighted by Gasteiger charge is 2.39. The van der Waals surface area contributed by atoms with Gasteiger partial charge in [-0.05, 0) is 26.0 Å². The van der Waals surface area contributed by atoms with Gasteiger partial charge < -0.3 is 14.2 Å². The first kappa shape index (κ1) is 29.5. The lowest BCUT2D eigenvalue weighted by molar-refractivity contribution is -0.125. The summed E-state index contributed by atoms with van der Waals surface area (Å²) in [7, 11) is 0.739. The molecule has 0 atom stereocenters. The summed E-state index contributed by atoms with van der Waals surface area (Å²) in [6, 6.07) is 5.32. The second-order valence-corrected chi connectivity index (χ2v) is 7.65. The molecule has 0 aliphatic carbocycles. The fourth-order valence-corrected chi connectivity index (χ4v) is 2.82. The van der Waals surface area contributed by atoms with Crippen molar-refractivity contribution < 1.29 is 46.2 Å². The molecule has 14 heteroatoms. The molecule has 2 rings (SSSR count). The molecule has 0 aliphatic rings. The van der Waals surface area contributed by atoms with E-state index in [-0.39, 0.29) is 46.5 Å². The number of benzene rings is 1. The van der Waals surface area contributed by atoms with Gasteiger partial charge in [0.15, 0.2) is 34.7 Å². The van der Waals surface area contributed by atoms with Gasteiger partial charge in [-0.3, -0.25) is 19.8 Å². The minimum Gasteiger partial charge on any atom is -0.482 e. The molecule has 0 bridgehead atoms. The molecule has 2 aromatic rings. The zero-order chi connectivity index (χ0) is 27.8. The van der Waals surface area contributed by atoms with E-state index in [1.807, 2.05) is 5.32 Å². The number of hydrogen-bond acceptors (Lipinski definition) is 7. The van der Waals surface area contributed by atoms with E-state index in [1.54, 1.807) is 19.1 Å². The third-order valence-electron chi connectivity index (χ3n) is 4.33. The number of pyridine rings is 1. The number of hydrogen-bond donors (Lipinski definition) is 1. The first-order chi connectivity index (χ1) is 17.3. The van der Waals surface area contributed by atoms with Crippen molar-refractivity contribution in [1.29, 1.82) is 0 Å². The Morgan fingerprint density at radius 2 is 1.81 bits per heavy atom. The Bertz CT molecular complexity index is 1190. The number of anilines is 1. The number of aromatic nitrogens is 1. The van der Waals surface area contributed by atoms with Crippen molar-refractivity contribution in [2.45, 2.75) is 20.0 Å². The average molecular weight is 548 g/mol. The summed E-state index contributed by atoms with van der Waals surface area (Å²) in [6.45, 7) is 2.45. The third kappa shape index (κ3) is 8.72.